The Morgan fingerprint density at radius 1 is 0.932 bits per heavy atom. The highest BCUT2D eigenvalue weighted by molar-refractivity contribution is 7.92. The number of nitrogens with zero attached hydrogens (tertiary/aromatic N) is 2. The molecular formula is C33H40FN3O6S. The highest BCUT2D eigenvalue weighted by Crippen LogP contribution is 2.32. The van der Waals surface area contributed by atoms with Gasteiger partial charge in [-0.15, -0.1) is 0 Å². The van der Waals surface area contributed by atoms with Crippen LogP contribution >= 0.6 is 0 Å². The standard InChI is InChI=1S/C33H40FN3O6S/c1-4-29(33(39)35-26-13-9-6-10-14-26)36(22-24-11-7-5-8-12-24)32(38)23-37(27-17-15-25(34)16-18-27)44(40,41)28-19-20-30(42-2)31(21-28)43-3/h5,7-8,11-12,15-21,26,29H,4,6,9-10,13-14,22-23H2,1-3H3,(H,35,39). The number of hydrogen-bond donors (Lipinski definition) is 1. The molecule has 0 aromatic heterocycles. The summed E-state index contributed by atoms with van der Waals surface area (Å²) in [7, 11) is -1.55. The molecule has 236 valence electrons. The molecule has 11 heteroatoms. The lowest BCUT2D eigenvalue weighted by Gasteiger charge is -2.34. The molecule has 3 aromatic rings. The van der Waals surface area contributed by atoms with Crippen LogP contribution in [0.15, 0.2) is 77.7 Å². The Kier molecular flexibility index (Phi) is 11.2. The van der Waals surface area contributed by atoms with Crippen LogP contribution in [0.3, 0.4) is 0 Å². The summed E-state index contributed by atoms with van der Waals surface area (Å²) in [5.74, 6) is -0.873. The highest BCUT2D eigenvalue weighted by atomic mass is 32.2. The SMILES string of the molecule is CCC(C(=O)NC1CCCCC1)N(Cc1ccccc1)C(=O)CN(c1ccc(F)cc1)S(=O)(=O)c1ccc(OC)c(OC)c1. The zero-order valence-corrected chi connectivity index (χ0v) is 26.2. The second-order valence-electron chi connectivity index (χ2n) is 10.8. The predicted octanol–water partition coefficient (Wildman–Crippen LogP) is 5.29. The third-order valence-corrected chi connectivity index (χ3v) is 9.64. The van der Waals surface area contributed by atoms with Crippen molar-refractivity contribution in [3.05, 3.63) is 84.2 Å². The monoisotopic (exact) mass is 625 g/mol. The van der Waals surface area contributed by atoms with Gasteiger partial charge in [0.15, 0.2) is 11.5 Å². The number of carbonyl (C=O) groups excluding carboxylic acids is 2. The van der Waals surface area contributed by atoms with Gasteiger partial charge in [-0.1, -0.05) is 56.5 Å². The number of rotatable bonds is 13. The van der Waals surface area contributed by atoms with Gasteiger partial charge in [0, 0.05) is 18.7 Å². The van der Waals surface area contributed by atoms with E-state index in [9.17, 15) is 22.4 Å². The zero-order valence-electron chi connectivity index (χ0n) is 25.4. The molecule has 4 rings (SSSR count). The number of amides is 2. The number of methoxy groups -OCH3 is 2. The van der Waals surface area contributed by atoms with Crippen LogP contribution in [0.25, 0.3) is 0 Å². The molecule has 0 spiro atoms. The zero-order chi connectivity index (χ0) is 31.7. The quantitative estimate of drug-likeness (QED) is 0.277. The van der Waals surface area contributed by atoms with Crippen LogP contribution in [0.4, 0.5) is 10.1 Å². The molecule has 2 amide bonds. The lowest BCUT2D eigenvalue weighted by Crippen LogP contribution is -2.54. The lowest BCUT2D eigenvalue weighted by atomic mass is 9.95. The van der Waals surface area contributed by atoms with Crippen LogP contribution in [0.5, 0.6) is 11.5 Å². The van der Waals surface area contributed by atoms with E-state index in [1.165, 1.54) is 49.5 Å². The van der Waals surface area contributed by atoms with E-state index in [0.717, 1.165) is 54.1 Å². The van der Waals surface area contributed by atoms with Crippen LogP contribution in [-0.2, 0) is 26.2 Å². The fraction of sp³-hybridized carbons (Fsp3) is 0.394. The van der Waals surface area contributed by atoms with Crippen molar-refractivity contribution >= 4 is 27.5 Å². The maximum absolute atomic E-state index is 14.2. The summed E-state index contributed by atoms with van der Waals surface area (Å²) < 4.78 is 53.7. The van der Waals surface area contributed by atoms with E-state index < -0.39 is 34.3 Å². The van der Waals surface area contributed by atoms with E-state index in [1.54, 1.807) is 0 Å². The number of ether oxygens (including phenoxy) is 2. The lowest BCUT2D eigenvalue weighted by molar-refractivity contribution is -0.140. The van der Waals surface area contributed by atoms with Gasteiger partial charge in [0.05, 0.1) is 24.8 Å². The summed E-state index contributed by atoms with van der Waals surface area (Å²) >= 11 is 0. The van der Waals surface area contributed by atoms with Gasteiger partial charge < -0.3 is 19.7 Å². The van der Waals surface area contributed by atoms with Crippen molar-refractivity contribution in [3.63, 3.8) is 0 Å². The molecule has 1 atom stereocenters. The second kappa shape index (κ2) is 15.1. The Balaban J connectivity index is 1.72. The summed E-state index contributed by atoms with van der Waals surface area (Å²) in [6, 6.07) is 17.4. The van der Waals surface area contributed by atoms with E-state index >= 15 is 0 Å². The van der Waals surface area contributed by atoms with Crippen molar-refractivity contribution in [1.29, 1.82) is 0 Å². The molecule has 1 saturated carbocycles. The number of nitrogens with one attached hydrogen (secondary N) is 1. The first-order valence-electron chi connectivity index (χ1n) is 14.8. The fourth-order valence-electron chi connectivity index (χ4n) is 5.48. The molecular weight excluding hydrogens is 585 g/mol. The van der Waals surface area contributed by atoms with E-state index in [1.807, 2.05) is 37.3 Å². The second-order valence-corrected chi connectivity index (χ2v) is 12.6. The minimum Gasteiger partial charge on any atom is -0.493 e. The smallest absolute Gasteiger partial charge is 0.264 e. The molecule has 0 bridgehead atoms. The Labute approximate surface area is 259 Å². The third-order valence-electron chi connectivity index (χ3n) is 7.87. The molecule has 1 fully saturated rings. The molecule has 0 radical (unpaired) electrons. The van der Waals surface area contributed by atoms with Gasteiger partial charge in [-0.2, -0.15) is 0 Å². The van der Waals surface area contributed by atoms with Crippen molar-refractivity contribution < 1.29 is 31.9 Å². The summed E-state index contributed by atoms with van der Waals surface area (Å²) in [5, 5.41) is 3.13. The van der Waals surface area contributed by atoms with Crippen LogP contribution < -0.4 is 19.1 Å². The van der Waals surface area contributed by atoms with Gasteiger partial charge in [0.2, 0.25) is 11.8 Å². The normalized spacial score (nSPS) is 14.4. The number of benzene rings is 3. The first-order valence-corrected chi connectivity index (χ1v) is 16.3. The summed E-state index contributed by atoms with van der Waals surface area (Å²) in [6.07, 6.45) is 5.31. The number of carbonyl (C=O) groups is 2. The number of halogens is 1. The highest BCUT2D eigenvalue weighted by Gasteiger charge is 2.34. The van der Waals surface area contributed by atoms with Crippen LogP contribution in [-0.4, -0.2) is 58.0 Å². The van der Waals surface area contributed by atoms with Crippen LogP contribution in [0, 0.1) is 5.82 Å². The van der Waals surface area contributed by atoms with E-state index in [-0.39, 0.29) is 34.8 Å². The summed E-state index contributed by atoms with van der Waals surface area (Å²) in [6.45, 7) is 1.31. The predicted molar refractivity (Wildman–Crippen MR) is 167 cm³/mol. The summed E-state index contributed by atoms with van der Waals surface area (Å²) in [5.41, 5.74) is 0.884. The van der Waals surface area contributed by atoms with Gasteiger partial charge in [0.25, 0.3) is 10.0 Å². The molecule has 1 unspecified atom stereocenters. The van der Waals surface area contributed by atoms with Crippen molar-refractivity contribution in [2.75, 3.05) is 25.1 Å². The average Bonchev–Trinajstić information content (AvgIpc) is 3.04. The molecule has 1 aliphatic rings. The molecule has 1 N–H and O–H groups in total. The Bertz CT molecular complexity index is 1510. The summed E-state index contributed by atoms with van der Waals surface area (Å²) in [4.78, 5) is 29.1. The van der Waals surface area contributed by atoms with Crippen LogP contribution in [0.2, 0.25) is 0 Å². The first kappa shape index (κ1) is 32.8. The molecule has 0 aliphatic heterocycles. The van der Waals surface area contributed by atoms with Crippen molar-refractivity contribution in [3.8, 4) is 11.5 Å². The fourth-order valence-corrected chi connectivity index (χ4v) is 6.91. The first-order chi connectivity index (χ1) is 21.2. The van der Waals surface area contributed by atoms with E-state index in [2.05, 4.69) is 5.32 Å². The molecule has 44 heavy (non-hydrogen) atoms. The topological polar surface area (TPSA) is 105 Å². The maximum Gasteiger partial charge on any atom is 0.264 e. The van der Waals surface area contributed by atoms with Crippen molar-refractivity contribution in [1.82, 2.24) is 10.2 Å². The van der Waals surface area contributed by atoms with E-state index in [4.69, 9.17) is 9.47 Å². The number of hydrogen-bond acceptors (Lipinski definition) is 6. The van der Waals surface area contributed by atoms with Crippen LogP contribution in [0.1, 0.15) is 51.0 Å². The minimum atomic E-state index is -4.37. The number of anilines is 1. The van der Waals surface area contributed by atoms with Gasteiger partial charge in [-0.05, 0) is 61.2 Å². The molecule has 1 aliphatic carbocycles. The molecule has 0 saturated heterocycles. The van der Waals surface area contributed by atoms with Crippen molar-refractivity contribution in [2.45, 2.75) is 69.0 Å². The number of sulfonamides is 1. The third kappa shape index (κ3) is 7.88. The Morgan fingerprint density at radius 3 is 2.20 bits per heavy atom. The molecule has 3 aromatic carbocycles. The molecule has 9 nitrogen and oxygen atoms in total. The maximum atomic E-state index is 14.2. The van der Waals surface area contributed by atoms with Gasteiger partial charge in [-0.25, -0.2) is 12.8 Å². The van der Waals surface area contributed by atoms with Gasteiger partial charge in [0.1, 0.15) is 18.4 Å². The van der Waals surface area contributed by atoms with Crippen molar-refractivity contribution in [2.24, 2.45) is 0 Å². The molecule has 0 heterocycles. The Morgan fingerprint density at radius 2 is 1.59 bits per heavy atom. The van der Waals surface area contributed by atoms with E-state index in [0.29, 0.717) is 12.2 Å². The van der Waals surface area contributed by atoms with Gasteiger partial charge >= 0.3 is 0 Å². The largest absolute Gasteiger partial charge is 0.493 e. The minimum absolute atomic E-state index is 0.0418. The van der Waals surface area contributed by atoms with Gasteiger partial charge in [-0.3, -0.25) is 13.9 Å². The average molecular weight is 626 g/mol. The Hall–Kier alpha value is -4.12.